The van der Waals surface area contributed by atoms with Crippen molar-refractivity contribution in [3.8, 4) is 0 Å². The Morgan fingerprint density at radius 3 is 2.43 bits per heavy atom. The summed E-state index contributed by atoms with van der Waals surface area (Å²) in [4.78, 5) is 25.0. The van der Waals surface area contributed by atoms with E-state index in [9.17, 15) is 14.7 Å². The minimum Gasteiger partial charge on any atom is -0.480 e. The molecule has 21 heavy (non-hydrogen) atoms. The van der Waals surface area contributed by atoms with Gasteiger partial charge >= 0.3 is 12.1 Å². The minimum absolute atomic E-state index is 0.0833. The lowest BCUT2D eigenvalue weighted by atomic mass is 9.79. The van der Waals surface area contributed by atoms with Crippen LogP contribution in [-0.4, -0.2) is 40.8 Å². The standard InChI is InChI=1S/C16H27NO4/c1-10-7-11(2)9-12(8-10)13(14(18)19)17(6)15(20)21-16(3,4)5/h7,10,12-13H,8-9H2,1-6H3,(H,18,19). The SMILES string of the molecule is CC1=CC(C)CC(C(C(=O)O)N(C)C(=O)OC(C)(C)C)C1. The molecule has 1 amide bonds. The van der Waals surface area contributed by atoms with Gasteiger partial charge in [-0.25, -0.2) is 9.59 Å². The average Bonchev–Trinajstić information content (AvgIpc) is 2.24. The molecule has 0 saturated carbocycles. The van der Waals surface area contributed by atoms with Crippen LogP contribution in [0.3, 0.4) is 0 Å². The van der Waals surface area contributed by atoms with Crippen LogP contribution < -0.4 is 0 Å². The number of nitrogens with zero attached hydrogens (tertiary/aromatic N) is 1. The number of likely N-dealkylation sites (N-methyl/N-ethyl adjacent to an activating group) is 1. The first-order valence-electron chi connectivity index (χ1n) is 7.37. The molecule has 0 aliphatic heterocycles. The zero-order valence-electron chi connectivity index (χ0n) is 13.8. The van der Waals surface area contributed by atoms with Crippen LogP contribution in [0.1, 0.15) is 47.5 Å². The zero-order valence-corrected chi connectivity index (χ0v) is 13.8. The summed E-state index contributed by atoms with van der Waals surface area (Å²) in [7, 11) is 1.51. The maximum absolute atomic E-state index is 12.1. The van der Waals surface area contributed by atoms with Gasteiger partial charge in [0.15, 0.2) is 0 Å². The van der Waals surface area contributed by atoms with Gasteiger partial charge in [-0.15, -0.1) is 0 Å². The molecule has 0 fully saturated rings. The molecule has 0 heterocycles. The van der Waals surface area contributed by atoms with E-state index in [0.717, 1.165) is 6.42 Å². The summed E-state index contributed by atoms with van der Waals surface area (Å²) in [6.45, 7) is 9.38. The summed E-state index contributed by atoms with van der Waals surface area (Å²) in [5.41, 5.74) is 0.548. The molecule has 0 radical (unpaired) electrons. The minimum atomic E-state index is -0.977. The molecule has 0 aromatic carbocycles. The van der Waals surface area contributed by atoms with Crippen LogP contribution >= 0.6 is 0 Å². The van der Waals surface area contributed by atoms with Crippen LogP contribution in [0.5, 0.6) is 0 Å². The Hall–Kier alpha value is -1.52. The first-order chi connectivity index (χ1) is 9.51. The van der Waals surface area contributed by atoms with E-state index in [1.165, 1.54) is 17.5 Å². The topological polar surface area (TPSA) is 66.8 Å². The third kappa shape index (κ3) is 5.06. The van der Waals surface area contributed by atoms with Crippen molar-refractivity contribution in [3.63, 3.8) is 0 Å². The van der Waals surface area contributed by atoms with Crippen LogP contribution in [0.25, 0.3) is 0 Å². The van der Waals surface area contributed by atoms with E-state index in [-0.39, 0.29) is 5.92 Å². The number of carboxylic acid groups (broad SMARTS) is 1. The van der Waals surface area contributed by atoms with E-state index in [0.29, 0.717) is 12.3 Å². The van der Waals surface area contributed by atoms with Gasteiger partial charge in [-0.3, -0.25) is 4.90 Å². The van der Waals surface area contributed by atoms with E-state index in [2.05, 4.69) is 13.0 Å². The van der Waals surface area contributed by atoms with Gasteiger partial charge in [0, 0.05) is 7.05 Å². The molecule has 1 N–H and O–H groups in total. The molecule has 0 aromatic rings. The summed E-state index contributed by atoms with van der Waals surface area (Å²) >= 11 is 0. The van der Waals surface area contributed by atoms with Crippen molar-refractivity contribution in [3.05, 3.63) is 11.6 Å². The van der Waals surface area contributed by atoms with Crippen molar-refractivity contribution in [2.45, 2.75) is 59.1 Å². The molecule has 0 bridgehead atoms. The van der Waals surface area contributed by atoms with Crippen molar-refractivity contribution in [1.29, 1.82) is 0 Å². The smallest absolute Gasteiger partial charge is 0.410 e. The lowest BCUT2D eigenvalue weighted by Gasteiger charge is -2.36. The summed E-state index contributed by atoms with van der Waals surface area (Å²) in [6, 6.07) is -0.856. The van der Waals surface area contributed by atoms with Crippen molar-refractivity contribution in [2.24, 2.45) is 11.8 Å². The quantitative estimate of drug-likeness (QED) is 0.812. The number of amides is 1. The molecule has 3 unspecified atom stereocenters. The predicted octanol–water partition coefficient (Wildman–Crippen LogP) is 3.30. The van der Waals surface area contributed by atoms with Gasteiger partial charge < -0.3 is 9.84 Å². The van der Waals surface area contributed by atoms with E-state index in [1.807, 2.05) is 6.92 Å². The highest BCUT2D eigenvalue weighted by atomic mass is 16.6. The highest BCUT2D eigenvalue weighted by Crippen LogP contribution is 2.32. The molecule has 0 aromatic heterocycles. The average molecular weight is 297 g/mol. The molecule has 1 rings (SSSR count). The Morgan fingerprint density at radius 1 is 1.43 bits per heavy atom. The second kappa shape index (κ2) is 6.50. The molecular formula is C16H27NO4. The number of aliphatic carboxylic acids is 1. The van der Waals surface area contributed by atoms with E-state index < -0.39 is 23.7 Å². The first-order valence-corrected chi connectivity index (χ1v) is 7.37. The summed E-state index contributed by atoms with van der Waals surface area (Å²) in [5, 5.41) is 9.55. The monoisotopic (exact) mass is 297 g/mol. The number of ether oxygens (including phenoxy) is 1. The lowest BCUT2D eigenvalue weighted by molar-refractivity contribution is -0.145. The van der Waals surface area contributed by atoms with Crippen molar-refractivity contribution >= 4 is 12.1 Å². The van der Waals surface area contributed by atoms with Crippen LogP contribution in [0, 0.1) is 11.8 Å². The fraction of sp³-hybridized carbons (Fsp3) is 0.750. The van der Waals surface area contributed by atoms with Gasteiger partial charge in [0.05, 0.1) is 0 Å². The number of allylic oxidation sites excluding steroid dienone is 2. The maximum atomic E-state index is 12.1. The van der Waals surface area contributed by atoms with Crippen LogP contribution in [0.2, 0.25) is 0 Å². The lowest BCUT2D eigenvalue weighted by Crippen LogP contribution is -2.49. The van der Waals surface area contributed by atoms with Gasteiger partial charge in [0.1, 0.15) is 11.6 Å². The highest BCUT2D eigenvalue weighted by Gasteiger charge is 2.38. The highest BCUT2D eigenvalue weighted by molar-refractivity contribution is 5.80. The summed E-state index contributed by atoms with van der Waals surface area (Å²) in [6.07, 6.45) is 3.05. The number of carbonyl (C=O) groups excluding carboxylic acids is 1. The number of hydrogen-bond donors (Lipinski definition) is 1. The molecule has 5 nitrogen and oxygen atoms in total. The molecular weight excluding hydrogens is 270 g/mol. The second-order valence-electron chi connectivity index (χ2n) is 7.06. The normalized spacial score (nSPS) is 24.0. The van der Waals surface area contributed by atoms with E-state index in [4.69, 9.17) is 4.74 Å². The van der Waals surface area contributed by atoms with Crippen molar-refractivity contribution in [2.75, 3.05) is 7.05 Å². The Kier molecular flexibility index (Phi) is 5.42. The van der Waals surface area contributed by atoms with Crippen molar-refractivity contribution in [1.82, 2.24) is 4.90 Å². The number of carboxylic acids is 1. The first kappa shape index (κ1) is 17.5. The maximum Gasteiger partial charge on any atom is 0.410 e. The van der Waals surface area contributed by atoms with E-state index >= 15 is 0 Å². The Bertz CT molecular complexity index is 436. The molecule has 0 saturated heterocycles. The Labute approximate surface area is 127 Å². The largest absolute Gasteiger partial charge is 0.480 e. The molecule has 1 aliphatic rings. The molecule has 3 atom stereocenters. The molecule has 120 valence electrons. The van der Waals surface area contributed by atoms with Crippen LogP contribution in [-0.2, 0) is 9.53 Å². The van der Waals surface area contributed by atoms with Gasteiger partial charge in [0.2, 0.25) is 0 Å². The third-order valence-corrected chi connectivity index (χ3v) is 3.63. The summed E-state index contributed by atoms with van der Waals surface area (Å²) < 4.78 is 5.28. The zero-order chi connectivity index (χ0) is 16.4. The summed E-state index contributed by atoms with van der Waals surface area (Å²) in [5.74, 6) is -0.729. The van der Waals surface area contributed by atoms with E-state index in [1.54, 1.807) is 20.8 Å². The fourth-order valence-corrected chi connectivity index (χ4v) is 2.97. The van der Waals surface area contributed by atoms with Gasteiger partial charge in [-0.05, 0) is 52.4 Å². The van der Waals surface area contributed by atoms with Crippen molar-refractivity contribution < 1.29 is 19.4 Å². The fourth-order valence-electron chi connectivity index (χ4n) is 2.97. The molecule has 5 heteroatoms. The number of rotatable bonds is 3. The van der Waals surface area contributed by atoms with Gasteiger partial charge in [-0.2, -0.15) is 0 Å². The Morgan fingerprint density at radius 2 is 2.00 bits per heavy atom. The number of hydrogen-bond acceptors (Lipinski definition) is 3. The second-order valence-corrected chi connectivity index (χ2v) is 7.06. The molecule has 0 spiro atoms. The predicted molar refractivity (Wildman–Crippen MR) is 81.1 cm³/mol. The molecule has 1 aliphatic carbocycles. The third-order valence-electron chi connectivity index (χ3n) is 3.63. The number of carbonyl (C=O) groups is 2. The van der Waals surface area contributed by atoms with Gasteiger partial charge in [0.25, 0.3) is 0 Å². The van der Waals surface area contributed by atoms with Gasteiger partial charge in [-0.1, -0.05) is 18.6 Å². The van der Waals surface area contributed by atoms with Crippen LogP contribution in [0.4, 0.5) is 4.79 Å². The Balaban J connectivity index is 2.89. The van der Waals surface area contributed by atoms with Crippen LogP contribution in [0.15, 0.2) is 11.6 Å².